The largest absolute Gasteiger partial charge is 0.385 e. The van der Waals surface area contributed by atoms with Crippen molar-refractivity contribution in [1.29, 1.82) is 0 Å². The van der Waals surface area contributed by atoms with Crippen LogP contribution in [0.25, 0.3) is 10.9 Å². The first-order chi connectivity index (χ1) is 7.52. The predicted octanol–water partition coefficient (Wildman–Crippen LogP) is 1.70. The number of nitrogens with two attached hydrogens (primary N) is 1. The molecule has 3 nitrogen and oxygen atoms in total. The second kappa shape index (κ2) is 3.88. The van der Waals surface area contributed by atoms with Crippen LogP contribution in [0.2, 0.25) is 0 Å². The first kappa shape index (κ1) is 11.1. The molecule has 1 aromatic heterocycles. The summed E-state index contributed by atoms with van der Waals surface area (Å²) in [4.78, 5) is 0. The molecule has 2 unspecified atom stereocenters. The summed E-state index contributed by atoms with van der Waals surface area (Å²) in [7, 11) is 1.73. The molecule has 0 fully saturated rings. The molecule has 0 aliphatic rings. The molecule has 0 spiro atoms. The number of aliphatic hydroxyl groups is 1. The van der Waals surface area contributed by atoms with E-state index >= 15 is 0 Å². The molecule has 0 saturated heterocycles. The Labute approximate surface area is 93.3 Å². The summed E-state index contributed by atoms with van der Waals surface area (Å²) in [6.07, 6.45) is -0.781. The Morgan fingerprint density at radius 3 is 2.69 bits per heavy atom. The SMILES string of the molecule is CC(N)C(O)c1cc2cccc(F)c2n1C. The Morgan fingerprint density at radius 2 is 2.12 bits per heavy atom. The highest BCUT2D eigenvalue weighted by Crippen LogP contribution is 2.26. The van der Waals surface area contributed by atoms with Crippen LogP contribution in [0.3, 0.4) is 0 Å². The van der Waals surface area contributed by atoms with Crippen LogP contribution in [0.15, 0.2) is 24.3 Å². The van der Waals surface area contributed by atoms with E-state index in [-0.39, 0.29) is 11.9 Å². The molecule has 0 aliphatic carbocycles. The van der Waals surface area contributed by atoms with Crippen molar-refractivity contribution in [2.45, 2.75) is 19.1 Å². The van der Waals surface area contributed by atoms with E-state index in [4.69, 9.17) is 5.73 Å². The number of hydrogen-bond acceptors (Lipinski definition) is 2. The number of aryl methyl sites for hydroxylation is 1. The summed E-state index contributed by atoms with van der Waals surface area (Å²) in [5, 5.41) is 10.7. The third-order valence-corrected chi connectivity index (χ3v) is 2.85. The lowest BCUT2D eigenvalue weighted by molar-refractivity contribution is 0.146. The Morgan fingerprint density at radius 1 is 1.44 bits per heavy atom. The van der Waals surface area contributed by atoms with Gasteiger partial charge in [0.25, 0.3) is 0 Å². The number of hydrogen-bond donors (Lipinski definition) is 2. The zero-order chi connectivity index (χ0) is 11.9. The number of aromatic nitrogens is 1. The van der Waals surface area contributed by atoms with Gasteiger partial charge in [-0.05, 0) is 19.1 Å². The number of benzene rings is 1. The first-order valence-electron chi connectivity index (χ1n) is 5.20. The summed E-state index contributed by atoms with van der Waals surface area (Å²) in [6.45, 7) is 1.72. The molecule has 2 atom stereocenters. The lowest BCUT2D eigenvalue weighted by Gasteiger charge is -2.15. The average molecular weight is 222 g/mol. The van der Waals surface area contributed by atoms with Crippen LogP contribution in [0.1, 0.15) is 18.7 Å². The van der Waals surface area contributed by atoms with Gasteiger partial charge in [-0.25, -0.2) is 4.39 Å². The van der Waals surface area contributed by atoms with Crippen LogP contribution in [0, 0.1) is 5.82 Å². The van der Waals surface area contributed by atoms with Gasteiger partial charge in [-0.15, -0.1) is 0 Å². The molecule has 3 N–H and O–H groups in total. The minimum absolute atomic E-state index is 0.289. The van der Waals surface area contributed by atoms with E-state index in [0.717, 1.165) is 5.39 Å². The average Bonchev–Trinajstić information content (AvgIpc) is 2.56. The number of nitrogens with zero attached hydrogens (tertiary/aromatic N) is 1. The standard InChI is InChI=1S/C12H15FN2O/c1-7(14)12(16)10-6-8-4-3-5-9(13)11(8)15(10)2/h3-7,12,16H,14H2,1-2H3. The van der Waals surface area contributed by atoms with Crippen molar-refractivity contribution in [3.8, 4) is 0 Å². The molecule has 2 rings (SSSR count). The molecule has 86 valence electrons. The smallest absolute Gasteiger partial charge is 0.147 e. The van der Waals surface area contributed by atoms with E-state index in [1.807, 2.05) is 6.07 Å². The summed E-state index contributed by atoms with van der Waals surface area (Å²) >= 11 is 0. The molecule has 16 heavy (non-hydrogen) atoms. The molecule has 0 amide bonds. The second-order valence-corrected chi connectivity index (χ2v) is 4.11. The van der Waals surface area contributed by atoms with Gasteiger partial charge >= 0.3 is 0 Å². The van der Waals surface area contributed by atoms with E-state index in [1.165, 1.54) is 6.07 Å². The Kier molecular flexibility index (Phi) is 2.69. The predicted molar refractivity (Wildman–Crippen MR) is 61.5 cm³/mol. The normalized spacial score (nSPS) is 15.3. The summed E-state index contributed by atoms with van der Waals surface area (Å²) in [6, 6.07) is 6.26. The number of aliphatic hydroxyl groups excluding tert-OH is 1. The van der Waals surface area contributed by atoms with Gasteiger partial charge in [-0.3, -0.25) is 0 Å². The Hall–Kier alpha value is -1.39. The Balaban J connectivity index is 2.65. The molecule has 0 aliphatic heterocycles. The van der Waals surface area contributed by atoms with E-state index in [1.54, 1.807) is 30.7 Å². The third-order valence-electron chi connectivity index (χ3n) is 2.85. The van der Waals surface area contributed by atoms with Gasteiger partial charge in [0.1, 0.15) is 11.9 Å². The van der Waals surface area contributed by atoms with Crippen molar-refractivity contribution in [3.63, 3.8) is 0 Å². The highest BCUT2D eigenvalue weighted by molar-refractivity contribution is 5.82. The van der Waals surface area contributed by atoms with Crippen molar-refractivity contribution < 1.29 is 9.50 Å². The summed E-state index contributed by atoms with van der Waals surface area (Å²) in [5.41, 5.74) is 6.77. The fourth-order valence-corrected chi connectivity index (χ4v) is 1.94. The van der Waals surface area contributed by atoms with E-state index in [9.17, 15) is 9.50 Å². The highest BCUT2D eigenvalue weighted by Gasteiger charge is 2.18. The lowest BCUT2D eigenvalue weighted by atomic mass is 10.1. The number of para-hydroxylation sites is 1. The van der Waals surface area contributed by atoms with E-state index < -0.39 is 6.10 Å². The number of halogens is 1. The quantitative estimate of drug-likeness (QED) is 0.812. The number of rotatable bonds is 2. The van der Waals surface area contributed by atoms with Crippen LogP contribution < -0.4 is 5.73 Å². The fraction of sp³-hybridized carbons (Fsp3) is 0.333. The highest BCUT2D eigenvalue weighted by atomic mass is 19.1. The fourth-order valence-electron chi connectivity index (χ4n) is 1.94. The molecular formula is C12H15FN2O. The molecular weight excluding hydrogens is 207 g/mol. The minimum Gasteiger partial charge on any atom is -0.385 e. The molecule has 0 saturated carbocycles. The van der Waals surface area contributed by atoms with Crippen molar-refractivity contribution in [2.75, 3.05) is 0 Å². The zero-order valence-electron chi connectivity index (χ0n) is 9.31. The first-order valence-corrected chi connectivity index (χ1v) is 5.20. The van der Waals surface area contributed by atoms with Gasteiger partial charge in [-0.1, -0.05) is 12.1 Å². The van der Waals surface area contributed by atoms with Crippen LogP contribution in [-0.2, 0) is 7.05 Å². The van der Waals surface area contributed by atoms with Gasteiger partial charge < -0.3 is 15.4 Å². The second-order valence-electron chi connectivity index (χ2n) is 4.11. The lowest BCUT2D eigenvalue weighted by Crippen LogP contribution is -2.25. The summed E-state index contributed by atoms with van der Waals surface area (Å²) < 4.78 is 15.2. The van der Waals surface area contributed by atoms with Gasteiger partial charge in [-0.2, -0.15) is 0 Å². The van der Waals surface area contributed by atoms with Gasteiger partial charge in [0.2, 0.25) is 0 Å². The van der Waals surface area contributed by atoms with E-state index in [0.29, 0.717) is 11.2 Å². The third kappa shape index (κ3) is 1.60. The minimum atomic E-state index is -0.781. The number of fused-ring (bicyclic) bond motifs is 1. The van der Waals surface area contributed by atoms with Crippen molar-refractivity contribution in [3.05, 3.63) is 35.8 Å². The zero-order valence-corrected chi connectivity index (χ0v) is 9.31. The van der Waals surface area contributed by atoms with Gasteiger partial charge in [0.05, 0.1) is 5.52 Å². The maximum Gasteiger partial charge on any atom is 0.147 e. The molecule has 4 heteroatoms. The van der Waals surface area contributed by atoms with Crippen LogP contribution in [-0.4, -0.2) is 15.7 Å². The van der Waals surface area contributed by atoms with Gasteiger partial charge in [0.15, 0.2) is 0 Å². The molecule has 0 bridgehead atoms. The van der Waals surface area contributed by atoms with Crippen molar-refractivity contribution in [1.82, 2.24) is 4.57 Å². The topological polar surface area (TPSA) is 51.2 Å². The monoisotopic (exact) mass is 222 g/mol. The van der Waals surface area contributed by atoms with Gasteiger partial charge in [0, 0.05) is 24.2 Å². The van der Waals surface area contributed by atoms with E-state index in [2.05, 4.69) is 0 Å². The van der Waals surface area contributed by atoms with Crippen LogP contribution in [0.5, 0.6) is 0 Å². The molecule has 0 radical (unpaired) electrons. The van der Waals surface area contributed by atoms with Crippen molar-refractivity contribution >= 4 is 10.9 Å². The van der Waals surface area contributed by atoms with Crippen molar-refractivity contribution in [2.24, 2.45) is 12.8 Å². The van der Waals surface area contributed by atoms with Crippen LogP contribution in [0.4, 0.5) is 4.39 Å². The maximum absolute atomic E-state index is 13.6. The Bertz CT molecular complexity index is 519. The molecule has 2 aromatic rings. The molecule has 1 aromatic carbocycles. The molecule has 1 heterocycles. The van der Waals surface area contributed by atoms with Crippen LogP contribution >= 0.6 is 0 Å². The maximum atomic E-state index is 13.6. The summed E-state index contributed by atoms with van der Waals surface area (Å²) in [5.74, 6) is -0.289.